The number of aromatic nitrogens is 2. The van der Waals surface area contributed by atoms with Crippen molar-refractivity contribution in [2.24, 2.45) is 0 Å². The maximum atomic E-state index is 13.8. The SMILES string of the molecule is COC(=O)c1ccc(-n2cc([N+](=O)[O-])c(C(F)F)n2)cc1F. The van der Waals surface area contributed by atoms with Crippen LogP contribution in [0.1, 0.15) is 22.5 Å². The number of nitro groups is 1. The number of nitrogens with zero attached hydrogens (tertiary/aromatic N) is 3. The molecule has 0 radical (unpaired) electrons. The Morgan fingerprint density at radius 3 is 2.59 bits per heavy atom. The third-order valence-corrected chi connectivity index (χ3v) is 2.75. The minimum Gasteiger partial charge on any atom is -0.465 e. The summed E-state index contributed by atoms with van der Waals surface area (Å²) in [6, 6.07) is 3.09. The van der Waals surface area contributed by atoms with Crippen molar-refractivity contribution in [3.63, 3.8) is 0 Å². The topological polar surface area (TPSA) is 87.3 Å². The van der Waals surface area contributed by atoms with Crippen molar-refractivity contribution in [3.05, 3.63) is 51.6 Å². The van der Waals surface area contributed by atoms with Gasteiger partial charge in [-0.25, -0.2) is 22.6 Å². The first-order valence-corrected chi connectivity index (χ1v) is 5.75. The van der Waals surface area contributed by atoms with Gasteiger partial charge in [0, 0.05) is 6.07 Å². The molecule has 1 aromatic heterocycles. The van der Waals surface area contributed by atoms with Gasteiger partial charge in [0.1, 0.15) is 12.0 Å². The average Bonchev–Trinajstić information content (AvgIpc) is 2.92. The van der Waals surface area contributed by atoms with Gasteiger partial charge < -0.3 is 4.74 Å². The van der Waals surface area contributed by atoms with Gasteiger partial charge >= 0.3 is 11.7 Å². The number of methoxy groups -OCH3 is 1. The molecule has 0 unspecified atom stereocenters. The third-order valence-electron chi connectivity index (χ3n) is 2.75. The van der Waals surface area contributed by atoms with E-state index in [1.165, 1.54) is 6.07 Å². The lowest BCUT2D eigenvalue weighted by Gasteiger charge is -2.04. The monoisotopic (exact) mass is 315 g/mol. The molecule has 0 saturated heterocycles. The van der Waals surface area contributed by atoms with Crippen molar-refractivity contribution < 1.29 is 27.6 Å². The second-order valence-corrected chi connectivity index (χ2v) is 4.06. The Balaban J connectivity index is 2.49. The number of carbonyl (C=O) groups is 1. The predicted octanol–water partition coefficient (Wildman–Crippen LogP) is 2.64. The summed E-state index contributed by atoms with van der Waals surface area (Å²) < 4.78 is 44.3. The Morgan fingerprint density at radius 1 is 1.45 bits per heavy atom. The fraction of sp³-hybridized carbons (Fsp3) is 0.167. The largest absolute Gasteiger partial charge is 0.465 e. The van der Waals surface area contributed by atoms with Crippen LogP contribution in [-0.2, 0) is 4.74 Å². The Labute approximate surface area is 121 Å². The van der Waals surface area contributed by atoms with E-state index in [4.69, 9.17) is 0 Å². The molecule has 0 aliphatic carbocycles. The zero-order valence-corrected chi connectivity index (χ0v) is 11.0. The highest BCUT2D eigenvalue weighted by Gasteiger charge is 2.27. The molecule has 0 saturated carbocycles. The molecule has 0 amide bonds. The summed E-state index contributed by atoms with van der Waals surface area (Å²) in [6.07, 6.45) is -2.41. The fourth-order valence-corrected chi connectivity index (χ4v) is 1.73. The van der Waals surface area contributed by atoms with Crippen molar-refractivity contribution >= 4 is 11.7 Å². The maximum Gasteiger partial charge on any atom is 0.340 e. The predicted molar refractivity (Wildman–Crippen MR) is 66.5 cm³/mol. The number of hydrogen-bond acceptors (Lipinski definition) is 5. The Bertz CT molecular complexity index is 745. The van der Waals surface area contributed by atoms with Gasteiger partial charge in [-0.15, -0.1) is 0 Å². The molecule has 0 bridgehead atoms. The highest BCUT2D eigenvalue weighted by Crippen LogP contribution is 2.28. The number of alkyl halides is 2. The number of esters is 1. The summed E-state index contributed by atoms with van der Waals surface area (Å²) in [4.78, 5) is 20.9. The molecule has 116 valence electrons. The lowest BCUT2D eigenvalue weighted by molar-refractivity contribution is -0.386. The van der Waals surface area contributed by atoms with E-state index in [2.05, 4.69) is 9.84 Å². The molecule has 2 rings (SSSR count). The van der Waals surface area contributed by atoms with Crippen molar-refractivity contribution in [1.29, 1.82) is 0 Å². The highest BCUT2D eigenvalue weighted by molar-refractivity contribution is 5.89. The highest BCUT2D eigenvalue weighted by atomic mass is 19.3. The van der Waals surface area contributed by atoms with Crippen molar-refractivity contribution in [2.75, 3.05) is 7.11 Å². The molecule has 10 heteroatoms. The molecular weight excluding hydrogens is 307 g/mol. The average molecular weight is 315 g/mol. The van der Waals surface area contributed by atoms with Crippen LogP contribution in [0.15, 0.2) is 24.4 Å². The maximum absolute atomic E-state index is 13.8. The molecule has 0 atom stereocenters. The van der Waals surface area contributed by atoms with Crippen LogP contribution in [0.5, 0.6) is 0 Å². The molecular formula is C12H8F3N3O4. The molecule has 1 heterocycles. The van der Waals surface area contributed by atoms with Gasteiger partial charge in [0.2, 0.25) is 5.69 Å². The van der Waals surface area contributed by atoms with Crippen molar-refractivity contribution in [1.82, 2.24) is 9.78 Å². The fourth-order valence-electron chi connectivity index (χ4n) is 1.73. The molecule has 0 N–H and O–H groups in total. The van der Waals surface area contributed by atoms with Crippen LogP contribution in [0.4, 0.5) is 18.9 Å². The molecule has 7 nitrogen and oxygen atoms in total. The summed E-state index contributed by atoms with van der Waals surface area (Å²) in [5.74, 6) is -1.88. The van der Waals surface area contributed by atoms with Crippen molar-refractivity contribution in [2.45, 2.75) is 6.43 Å². The second-order valence-electron chi connectivity index (χ2n) is 4.06. The van der Waals surface area contributed by atoms with Crippen LogP contribution in [-0.4, -0.2) is 27.8 Å². The zero-order valence-electron chi connectivity index (χ0n) is 11.0. The zero-order chi connectivity index (χ0) is 16.4. The minimum atomic E-state index is -3.15. The van der Waals surface area contributed by atoms with E-state index < -0.39 is 34.5 Å². The molecule has 0 aliphatic heterocycles. The summed E-state index contributed by atoms with van der Waals surface area (Å²) in [5.41, 5.74) is -2.32. The quantitative estimate of drug-likeness (QED) is 0.492. The van der Waals surface area contributed by atoms with E-state index in [1.807, 2.05) is 0 Å². The van der Waals surface area contributed by atoms with Crippen LogP contribution < -0.4 is 0 Å². The lowest BCUT2D eigenvalue weighted by Crippen LogP contribution is -2.06. The lowest BCUT2D eigenvalue weighted by atomic mass is 10.2. The van der Waals surface area contributed by atoms with Gasteiger partial charge in [-0.2, -0.15) is 5.10 Å². The molecule has 2 aromatic rings. The van der Waals surface area contributed by atoms with Gasteiger partial charge in [0.05, 0.1) is 23.3 Å². The number of hydrogen-bond donors (Lipinski definition) is 0. The number of carbonyl (C=O) groups excluding carboxylic acids is 1. The van der Waals surface area contributed by atoms with Crippen LogP contribution in [0, 0.1) is 15.9 Å². The third kappa shape index (κ3) is 2.75. The normalized spacial score (nSPS) is 10.8. The minimum absolute atomic E-state index is 0.0554. The van der Waals surface area contributed by atoms with Gasteiger partial charge in [-0.1, -0.05) is 0 Å². The molecule has 0 spiro atoms. The van der Waals surface area contributed by atoms with Gasteiger partial charge in [-0.05, 0) is 12.1 Å². The Hall–Kier alpha value is -2.91. The van der Waals surface area contributed by atoms with E-state index >= 15 is 0 Å². The summed E-state index contributed by atoms with van der Waals surface area (Å²) in [6.45, 7) is 0. The van der Waals surface area contributed by atoms with Gasteiger partial charge in [0.15, 0.2) is 0 Å². The molecule has 1 aromatic carbocycles. The van der Waals surface area contributed by atoms with Crippen LogP contribution >= 0.6 is 0 Å². The summed E-state index contributed by atoms with van der Waals surface area (Å²) in [5, 5.41) is 14.1. The Morgan fingerprint density at radius 2 is 2.14 bits per heavy atom. The first-order chi connectivity index (χ1) is 10.3. The van der Waals surface area contributed by atoms with Gasteiger partial charge in [0.25, 0.3) is 6.43 Å². The first kappa shape index (κ1) is 15.5. The van der Waals surface area contributed by atoms with Crippen LogP contribution in [0.25, 0.3) is 5.69 Å². The van der Waals surface area contributed by atoms with E-state index in [0.717, 1.165) is 30.1 Å². The van der Waals surface area contributed by atoms with E-state index in [0.29, 0.717) is 0 Å². The summed E-state index contributed by atoms with van der Waals surface area (Å²) >= 11 is 0. The van der Waals surface area contributed by atoms with E-state index in [1.54, 1.807) is 0 Å². The van der Waals surface area contributed by atoms with E-state index in [-0.39, 0.29) is 11.3 Å². The van der Waals surface area contributed by atoms with E-state index in [9.17, 15) is 28.1 Å². The number of ether oxygens (including phenoxy) is 1. The smallest absolute Gasteiger partial charge is 0.340 e. The number of benzene rings is 1. The van der Waals surface area contributed by atoms with Crippen molar-refractivity contribution in [3.8, 4) is 5.69 Å². The molecule has 0 aliphatic rings. The van der Waals surface area contributed by atoms with Gasteiger partial charge in [-0.3, -0.25) is 10.1 Å². The second kappa shape index (κ2) is 5.84. The number of halogens is 3. The standard InChI is InChI=1S/C12H8F3N3O4/c1-22-12(19)7-3-2-6(4-8(7)13)17-5-9(18(20)21)10(16-17)11(14)15/h2-5,11H,1H3. The van der Waals surface area contributed by atoms with Crippen LogP contribution in [0.3, 0.4) is 0 Å². The Kier molecular flexibility index (Phi) is 4.11. The number of rotatable bonds is 4. The molecule has 0 fully saturated rings. The summed E-state index contributed by atoms with van der Waals surface area (Å²) in [7, 11) is 1.07. The van der Waals surface area contributed by atoms with Crippen LogP contribution in [0.2, 0.25) is 0 Å². The first-order valence-electron chi connectivity index (χ1n) is 5.75. The molecule has 22 heavy (non-hydrogen) atoms.